The number of nitrogen functional groups attached to an aromatic ring is 1. The highest BCUT2D eigenvalue weighted by Gasteiger charge is 2.57. The Morgan fingerprint density at radius 2 is 2.28 bits per heavy atom. The van der Waals surface area contributed by atoms with Crippen LogP contribution in [-0.4, -0.2) is 78.5 Å². The molecule has 2 saturated heterocycles. The van der Waals surface area contributed by atoms with Crippen molar-refractivity contribution in [1.82, 2.24) is 20.2 Å². The first kappa shape index (κ1) is 26.0. The van der Waals surface area contributed by atoms with Crippen LogP contribution >= 0.6 is 34.9 Å². The summed E-state index contributed by atoms with van der Waals surface area (Å²) in [6.07, 6.45) is 3.50. The van der Waals surface area contributed by atoms with Crippen LogP contribution in [0.4, 0.5) is 5.13 Å². The lowest BCUT2D eigenvalue weighted by Crippen LogP contribution is -2.74. The van der Waals surface area contributed by atoms with E-state index in [2.05, 4.69) is 20.4 Å². The first-order valence-electron chi connectivity index (χ1n) is 10.9. The van der Waals surface area contributed by atoms with Gasteiger partial charge >= 0.3 is 5.97 Å². The number of carbonyl (C=O) groups excluding carboxylic acids is 2. The Labute approximate surface area is 219 Å². The predicted octanol–water partition coefficient (Wildman–Crippen LogP) is 1.80. The number of carbonyl (C=O) groups is 3. The van der Waals surface area contributed by atoms with Crippen molar-refractivity contribution in [1.29, 1.82) is 0 Å². The van der Waals surface area contributed by atoms with Crippen molar-refractivity contribution in [2.24, 2.45) is 5.16 Å². The zero-order valence-corrected chi connectivity index (χ0v) is 21.9. The van der Waals surface area contributed by atoms with Crippen LogP contribution in [0.5, 0.6) is 0 Å². The molecule has 2 unspecified atom stereocenters. The van der Waals surface area contributed by atoms with Gasteiger partial charge in [-0.3, -0.25) is 19.4 Å². The number of thiazole rings is 1. The molecule has 2 amide bonds. The molecule has 2 aromatic heterocycles. The van der Waals surface area contributed by atoms with Gasteiger partial charge in [0.1, 0.15) is 28.5 Å². The number of pyridine rings is 1. The highest BCUT2D eigenvalue weighted by atomic mass is 32.2. The van der Waals surface area contributed by atoms with Crippen LogP contribution in [0.2, 0.25) is 0 Å². The van der Waals surface area contributed by atoms with Crippen LogP contribution in [0.1, 0.15) is 23.9 Å². The zero-order chi connectivity index (χ0) is 25.9. The maximum atomic E-state index is 12.9. The Kier molecular flexibility index (Phi) is 7.85. The summed E-state index contributed by atoms with van der Waals surface area (Å²) in [5.41, 5.74) is 7.59. The number of carboxylic acid groups (broad SMARTS) is 1. The van der Waals surface area contributed by atoms with Crippen LogP contribution in [0.25, 0.3) is 6.08 Å². The Hall–Kier alpha value is -3.10. The van der Waals surface area contributed by atoms with E-state index >= 15 is 0 Å². The number of amides is 2. The molecule has 0 saturated carbocycles. The molecular formula is C22H24N6O5S3. The second-order valence-electron chi connectivity index (χ2n) is 8.00. The number of hydrogen-bond donors (Lipinski definition) is 3. The van der Waals surface area contributed by atoms with Crippen LogP contribution in [-0.2, 0) is 19.2 Å². The minimum absolute atomic E-state index is 0.0227. The van der Waals surface area contributed by atoms with Gasteiger partial charge in [0, 0.05) is 29.6 Å². The predicted molar refractivity (Wildman–Crippen MR) is 141 cm³/mol. The second kappa shape index (κ2) is 10.9. The summed E-state index contributed by atoms with van der Waals surface area (Å²) >= 11 is 3.63. The normalized spacial score (nSPS) is 23.8. The standard InChI is InChI=1S/C22H24N6O5S3/c1-3-33-27-15(14-9-34-21(23)25-14)17(29)26-16-18(30)28-10-22(20(31)32,11-35-19(16)28)36-7-6-13-5-4-12(2)24-8-13/h4-9,16,19H,3,10-11H2,1-2H3,(H2,23,25)(H,26,29)(H,31,32)/t16?,19-,22?/m1/s1. The summed E-state index contributed by atoms with van der Waals surface area (Å²) in [5, 5.41) is 19.7. The molecule has 36 heavy (non-hydrogen) atoms. The molecule has 11 nitrogen and oxygen atoms in total. The molecule has 0 radical (unpaired) electrons. The number of nitrogens with two attached hydrogens (primary N) is 1. The molecule has 190 valence electrons. The molecule has 2 aliphatic rings. The Morgan fingerprint density at radius 3 is 2.92 bits per heavy atom. The minimum atomic E-state index is -1.21. The maximum Gasteiger partial charge on any atom is 0.322 e. The van der Waals surface area contributed by atoms with E-state index < -0.39 is 22.7 Å². The van der Waals surface area contributed by atoms with Crippen molar-refractivity contribution in [2.75, 3.05) is 24.6 Å². The molecule has 4 rings (SSSR count). The van der Waals surface area contributed by atoms with Gasteiger partial charge in [0.25, 0.3) is 5.91 Å². The zero-order valence-electron chi connectivity index (χ0n) is 19.4. The van der Waals surface area contributed by atoms with Crippen molar-refractivity contribution >= 4 is 69.6 Å². The summed E-state index contributed by atoms with van der Waals surface area (Å²) in [6.45, 7) is 3.88. The number of thioether (sulfide) groups is 2. The van der Waals surface area contributed by atoms with E-state index in [1.54, 1.807) is 30.0 Å². The van der Waals surface area contributed by atoms with E-state index in [0.29, 0.717) is 0 Å². The Balaban J connectivity index is 1.42. The average Bonchev–Trinajstić information content (AvgIpc) is 3.29. The van der Waals surface area contributed by atoms with E-state index in [9.17, 15) is 19.5 Å². The van der Waals surface area contributed by atoms with Gasteiger partial charge < -0.3 is 25.9 Å². The van der Waals surface area contributed by atoms with E-state index in [1.807, 2.05) is 19.1 Å². The number of nitrogens with one attached hydrogen (secondary N) is 1. The number of β-lactam (4-membered cyclic amide) rings is 1. The molecule has 0 aromatic carbocycles. The largest absolute Gasteiger partial charge is 0.480 e. The molecule has 2 aliphatic heterocycles. The fourth-order valence-electron chi connectivity index (χ4n) is 3.56. The summed E-state index contributed by atoms with van der Waals surface area (Å²) < 4.78 is -1.21. The summed E-state index contributed by atoms with van der Waals surface area (Å²) in [7, 11) is 0. The SMILES string of the molecule is CCON=C(C(=O)NC1C(=O)N2CC(SC=Cc3ccc(C)nc3)(C(=O)O)CS[C@H]12)c1csc(N)n1. The number of carboxylic acids is 1. The maximum absolute atomic E-state index is 12.9. The van der Waals surface area contributed by atoms with Crippen molar-refractivity contribution in [3.05, 3.63) is 46.1 Å². The molecule has 4 heterocycles. The lowest BCUT2D eigenvalue weighted by atomic mass is 10.0. The van der Waals surface area contributed by atoms with Gasteiger partial charge in [0.15, 0.2) is 10.8 Å². The van der Waals surface area contributed by atoms with Gasteiger partial charge in [-0.1, -0.05) is 11.2 Å². The molecule has 14 heteroatoms. The van der Waals surface area contributed by atoms with Gasteiger partial charge in [-0.15, -0.1) is 34.9 Å². The third-order valence-corrected chi connectivity index (χ3v) is 9.04. The molecule has 0 aliphatic carbocycles. The molecule has 4 N–H and O–H groups in total. The molecule has 0 bridgehead atoms. The van der Waals surface area contributed by atoms with Gasteiger partial charge in [0.05, 0.1) is 0 Å². The third kappa shape index (κ3) is 5.34. The molecule has 2 aromatic rings. The lowest BCUT2D eigenvalue weighted by Gasteiger charge is -2.53. The topological polar surface area (TPSA) is 160 Å². The minimum Gasteiger partial charge on any atom is -0.480 e. The van der Waals surface area contributed by atoms with Crippen molar-refractivity contribution in [3.8, 4) is 0 Å². The van der Waals surface area contributed by atoms with E-state index in [-0.39, 0.29) is 46.7 Å². The Morgan fingerprint density at radius 1 is 1.47 bits per heavy atom. The van der Waals surface area contributed by atoms with Gasteiger partial charge in [-0.2, -0.15) is 0 Å². The number of aryl methyl sites for hydroxylation is 1. The van der Waals surface area contributed by atoms with E-state index in [1.165, 1.54) is 16.7 Å². The van der Waals surface area contributed by atoms with Crippen LogP contribution in [0.3, 0.4) is 0 Å². The first-order valence-corrected chi connectivity index (χ1v) is 13.7. The number of fused-ring (bicyclic) bond motifs is 1. The Bertz CT molecular complexity index is 1220. The van der Waals surface area contributed by atoms with Gasteiger partial charge in [0.2, 0.25) is 5.91 Å². The molecule has 0 spiro atoms. The van der Waals surface area contributed by atoms with Crippen LogP contribution in [0, 0.1) is 6.92 Å². The van der Waals surface area contributed by atoms with Crippen LogP contribution in [0.15, 0.2) is 34.3 Å². The lowest BCUT2D eigenvalue weighted by molar-refractivity contribution is -0.151. The number of rotatable bonds is 9. The number of aliphatic carboxylic acids is 1. The van der Waals surface area contributed by atoms with Gasteiger partial charge in [-0.05, 0) is 37.0 Å². The first-order chi connectivity index (χ1) is 17.2. The number of anilines is 1. The quantitative estimate of drug-likeness (QED) is 0.239. The number of hydrogen-bond acceptors (Lipinski definition) is 11. The van der Waals surface area contributed by atoms with Crippen molar-refractivity contribution in [3.63, 3.8) is 0 Å². The fourth-order valence-corrected chi connectivity index (χ4v) is 6.78. The number of nitrogens with zero attached hydrogens (tertiary/aromatic N) is 4. The number of oxime groups is 1. The van der Waals surface area contributed by atoms with E-state index in [0.717, 1.165) is 34.4 Å². The van der Waals surface area contributed by atoms with Gasteiger partial charge in [-0.25, -0.2) is 4.98 Å². The van der Waals surface area contributed by atoms with E-state index in [4.69, 9.17) is 10.6 Å². The smallest absolute Gasteiger partial charge is 0.322 e. The van der Waals surface area contributed by atoms with Crippen molar-refractivity contribution < 1.29 is 24.3 Å². The molecule has 3 atom stereocenters. The highest BCUT2D eigenvalue weighted by molar-refractivity contribution is 8.06. The highest BCUT2D eigenvalue weighted by Crippen LogP contribution is 2.44. The number of aromatic nitrogens is 2. The average molecular weight is 549 g/mol. The third-order valence-electron chi connectivity index (χ3n) is 5.48. The second-order valence-corrected chi connectivity index (χ2v) is 11.3. The summed E-state index contributed by atoms with van der Waals surface area (Å²) in [4.78, 5) is 52.9. The molecule has 2 fully saturated rings. The summed E-state index contributed by atoms with van der Waals surface area (Å²) in [6, 6.07) is 2.96. The monoisotopic (exact) mass is 548 g/mol. The van der Waals surface area contributed by atoms with Crippen molar-refractivity contribution in [2.45, 2.75) is 30.0 Å². The fraction of sp³-hybridized carbons (Fsp3) is 0.364. The van der Waals surface area contributed by atoms with Crippen LogP contribution < -0.4 is 11.1 Å². The summed E-state index contributed by atoms with van der Waals surface area (Å²) in [5.74, 6) is -1.72. The molecular weight excluding hydrogens is 524 g/mol.